The van der Waals surface area contributed by atoms with Gasteiger partial charge in [0.1, 0.15) is 0 Å². The van der Waals surface area contributed by atoms with E-state index in [-0.39, 0.29) is 37.7 Å². The van der Waals surface area contributed by atoms with Crippen molar-refractivity contribution in [2.45, 2.75) is 11.0 Å². The zero-order valence-electron chi connectivity index (χ0n) is 7.72. The van der Waals surface area contributed by atoms with E-state index in [1.807, 2.05) is 0 Å². The van der Waals surface area contributed by atoms with Gasteiger partial charge in [-0.2, -0.15) is 26.3 Å². The SMILES string of the molecule is O=S([O-])C(F)(F)F.O=S([O-])C(F)(F)F.[Li+].[Li+]. The van der Waals surface area contributed by atoms with Crippen molar-refractivity contribution < 1.29 is 81.6 Å². The first-order valence-electron chi connectivity index (χ1n) is 2.21. The van der Waals surface area contributed by atoms with Crippen LogP contribution in [0.5, 0.6) is 0 Å². The van der Waals surface area contributed by atoms with Gasteiger partial charge in [0.05, 0.1) is 22.2 Å². The fourth-order valence-electron chi connectivity index (χ4n) is 0. The van der Waals surface area contributed by atoms with E-state index >= 15 is 0 Å². The van der Waals surface area contributed by atoms with E-state index in [4.69, 9.17) is 17.5 Å². The van der Waals surface area contributed by atoms with Crippen LogP contribution in [0, 0.1) is 0 Å². The van der Waals surface area contributed by atoms with Gasteiger partial charge in [-0.05, 0) is 0 Å². The second kappa shape index (κ2) is 9.97. The maximum atomic E-state index is 10.6. The quantitative estimate of drug-likeness (QED) is 0.252. The molecule has 0 saturated carbocycles. The third kappa shape index (κ3) is 17.4. The third-order valence-corrected chi connectivity index (χ3v) is 1.13. The molecule has 0 aromatic carbocycles. The standard InChI is InChI=1S/2CHF3O2S.2Li/c2*2-1(3,4)7(5)6;;/h2*(H,5,6);;/q;;2*+1/p-2. The Labute approximate surface area is 114 Å². The van der Waals surface area contributed by atoms with Gasteiger partial charge in [-0.1, -0.05) is 0 Å². The summed E-state index contributed by atoms with van der Waals surface area (Å²) in [6.07, 6.45) is 0. The summed E-state index contributed by atoms with van der Waals surface area (Å²) in [6, 6.07) is 0. The second-order valence-corrected chi connectivity index (χ2v) is 3.23. The molecule has 2 atom stereocenters. The first kappa shape index (κ1) is 25.7. The molecule has 0 aliphatic carbocycles. The third-order valence-electron chi connectivity index (χ3n) is 0.378. The van der Waals surface area contributed by atoms with Crippen molar-refractivity contribution in [2.24, 2.45) is 0 Å². The molecule has 0 aliphatic heterocycles. The summed E-state index contributed by atoms with van der Waals surface area (Å²) in [5.74, 6) is 0. The molecule has 0 heterocycles. The van der Waals surface area contributed by atoms with Crippen molar-refractivity contribution in [1.82, 2.24) is 0 Å². The molecule has 0 fully saturated rings. The van der Waals surface area contributed by atoms with Crippen LogP contribution in [0.1, 0.15) is 0 Å². The smallest absolute Gasteiger partial charge is 0.766 e. The summed E-state index contributed by atoms with van der Waals surface area (Å²) >= 11 is -7.87. The average molecular weight is 280 g/mol. The Balaban J connectivity index is -0.0000000800. The molecular formula is C2F6Li2O4S2. The van der Waals surface area contributed by atoms with Gasteiger partial charge in [0.2, 0.25) is 0 Å². The van der Waals surface area contributed by atoms with Crippen LogP contribution < -0.4 is 37.7 Å². The summed E-state index contributed by atoms with van der Waals surface area (Å²) in [7, 11) is 0. The van der Waals surface area contributed by atoms with Gasteiger partial charge in [0, 0.05) is 0 Å². The minimum absolute atomic E-state index is 0. The average Bonchev–Trinajstić information content (AvgIpc) is 1.83. The molecule has 0 aliphatic rings. The van der Waals surface area contributed by atoms with Gasteiger partial charge < -0.3 is 9.11 Å². The Hall–Kier alpha value is 0.995. The van der Waals surface area contributed by atoms with Crippen LogP contribution in [0.15, 0.2) is 0 Å². The van der Waals surface area contributed by atoms with Gasteiger partial charge in [0.25, 0.3) is 0 Å². The van der Waals surface area contributed by atoms with Crippen molar-refractivity contribution in [1.29, 1.82) is 0 Å². The molecule has 2 unspecified atom stereocenters. The van der Waals surface area contributed by atoms with Crippen LogP contribution in [0.25, 0.3) is 0 Å². The van der Waals surface area contributed by atoms with E-state index < -0.39 is 33.2 Å². The number of hydrogen-bond acceptors (Lipinski definition) is 4. The normalized spacial score (nSPS) is 14.5. The van der Waals surface area contributed by atoms with Gasteiger partial charge >= 0.3 is 48.7 Å². The molecule has 16 heavy (non-hydrogen) atoms. The van der Waals surface area contributed by atoms with Gasteiger partial charge in [-0.25, -0.2) is 0 Å². The molecule has 0 aromatic heterocycles. The summed E-state index contributed by atoms with van der Waals surface area (Å²) in [5.41, 5.74) is -10.2. The number of hydrogen-bond donors (Lipinski definition) is 0. The van der Waals surface area contributed by atoms with Crippen LogP contribution >= 0.6 is 0 Å². The van der Waals surface area contributed by atoms with Crippen LogP contribution in [-0.2, 0) is 22.2 Å². The Bertz CT molecular complexity index is 204. The molecule has 0 aromatic rings. The Kier molecular flexibility index (Phi) is 16.0. The maximum Gasteiger partial charge on any atom is 1.00 e. The van der Waals surface area contributed by atoms with Crippen molar-refractivity contribution in [2.75, 3.05) is 0 Å². The molecule has 0 bridgehead atoms. The topological polar surface area (TPSA) is 80.3 Å². The Morgan fingerprint density at radius 3 is 0.750 bits per heavy atom. The molecule has 0 spiro atoms. The minimum atomic E-state index is -5.08. The number of alkyl halides is 6. The van der Waals surface area contributed by atoms with Crippen LogP contribution in [-0.4, -0.2) is 28.5 Å². The minimum Gasteiger partial charge on any atom is -0.766 e. The van der Waals surface area contributed by atoms with Crippen LogP contribution in [0.2, 0.25) is 0 Å². The Morgan fingerprint density at radius 1 is 0.688 bits per heavy atom. The van der Waals surface area contributed by atoms with Crippen LogP contribution in [0.3, 0.4) is 0 Å². The van der Waals surface area contributed by atoms with E-state index in [2.05, 4.69) is 0 Å². The van der Waals surface area contributed by atoms with Gasteiger partial charge in [-0.3, -0.25) is 8.42 Å². The molecule has 4 nitrogen and oxygen atoms in total. The van der Waals surface area contributed by atoms with Crippen molar-refractivity contribution in [3.8, 4) is 0 Å². The molecule has 0 saturated heterocycles. The first-order valence-corrected chi connectivity index (χ1v) is 4.36. The van der Waals surface area contributed by atoms with Crippen molar-refractivity contribution in [3.63, 3.8) is 0 Å². The summed E-state index contributed by atoms with van der Waals surface area (Å²) in [4.78, 5) is 0. The van der Waals surface area contributed by atoms with E-state index in [9.17, 15) is 26.3 Å². The zero-order valence-corrected chi connectivity index (χ0v) is 9.35. The monoisotopic (exact) mass is 280 g/mol. The molecule has 0 N–H and O–H groups in total. The van der Waals surface area contributed by atoms with Gasteiger partial charge in [-0.15, -0.1) is 0 Å². The Morgan fingerprint density at radius 2 is 0.750 bits per heavy atom. The fourth-order valence-corrected chi connectivity index (χ4v) is 0. The predicted octanol–water partition coefficient (Wildman–Crippen LogP) is -5.22. The second-order valence-electron chi connectivity index (χ2n) is 1.36. The fraction of sp³-hybridized carbons (Fsp3) is 1.00. The molecule has 0 radical (unpaired) electrons. The van der Waals surface area contributed by atoms with Crippen molar-refractivity contribution in [3.05, 3.63) is 0 Å². The van der Waals surface area contributed by atoms with Gasteiger partial charge in [0.15, 0.2) is 0 Å². The van der Waals surface area contributed by atoms with E-state index in [1.165, 1.54) is 0 Å². The number of rotatable bonds is 0. The zero-order chi connectivity index (χ0) is 12.2. The largest absolute Gasteiger partial charge is 1.00 e. The summed E-state index contributed by atoms with van der Waals surface area (Å²) < 4.78 is 99.0. The van der Waals surface area contributed by atoms with E-state index in [1.54, 1.807) is 0 Å². The molecule has 0 rings (SSSR count). The van der Waals surface area contributed by atoms with Crippen LogP contribution in [0.4, 0.5) is 26.3 Å². The summed E-state index contributed by atoms with van der Waals surface area (Å²) in [5, 5.41) is 0. The van der Waals surface area contributed by atoms with Crippen molar-refractivity contribution >= 4 is 22.2 Å². The summed E-state index contributed by atoms with van der Waals surface area (Å²) in [6.45, 7) is 0. The molecular weight excluding hydrogens is 280 g/mol. The molecule has 88 valence electrons. The molecule has 14 heteroatoms. The van der Waals surface area contributed by atoms with E-state index in [0.29, 0.717) is 0 Å². The predicted molar refractivity (Wildman–Crippen MR) is 29.9 cm³/mol. The molecule has 0 amide bonds. The first-order chi connectivity index (χ1) is 5.89. The van der Waals surface area contributed by atoms with E-state index in [0.717, 1.165) is 0 Å². The number of halogens is 6. The maximum absolute atomic E-state index is 10.6.